The standard InChI is InChI=1S/C17H19N7/c1-12-4-5-14-16(21-12)17(19-11-18-14)22-13-6-9-24(10-7-13)15-3-2-8-20-23-15/h2-5,8,11,13H,6-7,9-10H2,1H3,(H,18,19,22). The topological polar surface area (TPSA) is 79.7 Å². The predicted octanol–water partition coefficient (Wildman–Crippen LogP) is 2.20. The summed E-state index contributed by atoms with van der Waals surface area (Å²) >= 11 is 0. The number of fused-ring (bicyclic) bond motifs is 1. The maximum Gasteiger partial charge on any atom is 0.156 e. The van der Waals surface area contributed by atoms with Crippen LogP contribution in [0.1, 0.15) is 18.5 Å². The molecule has 4 heterocycles. The van der Waals surface area contributed by atoms with Crippen LogP contribution in [0.2, 0.25) is 0 Å². The van der Waals surface area contributed by atoms with E-state index in [9.17, 15) is 0 Å². The highest BCUT2D eigenvalue weighted by molar-refractivity contribution is 5.84. The molecule has 4 rings (SSSR count). The van der Waals surface area contributed by atoms with Crippen LogP contribution in [-0.2, 0) is 0 Å². The number of aryl methyl sites for hydroxylation is 1. The minimum Gasteiger partial charge on any atom is -0.365 e. The first kappa shape index (κ1) is 14.7. The van der Waals surface area contributed by atoms with Crippen LogP contribution in [0.5, 0.6) is 0 Å². The third kappa shape index (κ3) is 2.97. The zero-order chi connectivity index (χ0) is 16.4. The molecule has 3 aromatic heterocycles. The molecule has 1 N–H and O–H groups in total. The number of pyridine rings is 1. The lowest BCUT2D eigenvalue weighted by Crippen LogP contribution is -2.39. The summed E-state index contributed by atoms with van der Waals surface area (Å²) in [4.78, 5) is 15.5. The maximum atomic E-state index is 4.59. The molecule has 0 atom stereocenters. The van der Waals surface area contributed by atoms with Gasteiger partial charge in [-0.2, -0.15) is 5.10 Å². The Morgan fingerprint density at radius 2 is 2.00 bits per heavy atom. The first-order valence-electron chi connectivity index (χ1n) is 8.17. The van der Waals surface area contributed by atoms with Gasteiger partial charge in [0.2, 0.25) is 0 Å². The number of hydrogen-bond donors (Lipinski definition) is 1. The van der Waals surface area contributed by atoms with Gasteiger partial charge in [0.15, 0.2) is 11.6 Å². The molecule has 24 heavy (non-hydrogen) atoms. The summed E-state index contributed by atoms with van der Waals surface area (Å²) in [5.41, 5.74) is 2.68. The van der Waals surface area contributed by atoms with Crippen molar-refractivity contribution in [1.82, 2.24) is 25.1 Å². The number of hydrogen-bond acceptors (Lipinski definition) is 7. The first-order chi connectivity index (χ1) is 11.8. The van der Waals surface area contributed by atoms with Crippen molar-refractivity contribution < 1.29 is 0 Å². The highest BCUT2D eigenvalue weighted by Gasteiger charge is 2.21. The van der Waals surface area contributed by atoms with E-state index in [1.165, 1.54) is 0 Å². The van der Waals surface area contributed by atoms with Crippen LogP contribution >= 0.6 is 0 Å². The van der Waals surface area contributed by atoms with Crippen LogP contribution in [0.25, 0.3) is 11.0 Å². The lowest BCUT2D eigenvalue weighted by molar-refractivity contribution is 0.521. The van der Waals surface area contributed by atoms with Gasteiger partial charge >= 0.3 is 0 Å². The summed E-state index contributed by atoms with van der Waals surface area (Å²) in [6, 6.07) is 8.26. The van der Waals surface area contributed by atoms with E-state index < -0.39 is 0 Å². The maximum absolute atomic E-state index is 4.59. The summed E-state index contributed by atoms with van der Waals surface area (Å²) < 4.78 is 0. The van der Waals surface area contributed by atoms with Gasteiger partial charge in [0.25, 0.3) is 0 Å². The summed E-state index contributed by atoms with van der Waals surface area (Å²) in [5.74, 6) is 1.77. The van der Waals surface area contributed by atoms with Gasteiger partial charge in [0.1, 0.15) is 11.8 Å². The van der Waals surface area contributed by atoms with E-state index in [0.717, 1.165) is 54.3 Å². The van der Waals surface area contributed by atoms with Crippen molar-refractivity contribution in [2.45, 2.75) is 25.8 Å². The average Bonchev–Trinajstić information content (AvgIpc) is 2.64. The molecule has 1 aliphatic heterocycles. The van der Waals surface area contributed by atoms with Crippen molar-refractivity contribution in [2.24, 2.45) is 0 Å². The molecule has 7 nitrogen and oxygen atoms in total. The van der Waals surface area contributed by atoms with Crippen LogP contribution in [0.3, 0.4) is 0 Å². The quantitative estimate of drug-likeness (QED) is 0.792. The summed E-state index contributed by atoms with van der Waals surface area (Å²) in [6.45, 7) is 3.88. The number of aromatic nitrogens is 5. The number of nitrogens with zero attached hydrogens (tertiary/aromatic N) is 6. The van der Waals surface area contributed by atoms with Gasteiger partial charge in [-0.15, -0.1) is 5.10 Å². The monoisotopic (exact) mass is 321 g/mol. The van der Waals surface area contributed by atoms with Gasteiger partial charge in [0.05, 0.1) is 5.52 Å². The summed E-state index contributed by atoms with van der Waals surface area (Å²) in [7, 11) is 0. The number of rotatable bonds is 3. The van der Waals surface area contributed by atoms with E-state index in [1.807, 2.05) is 31.2 Å². The molecule has 122 valence electrons. The summed E-state index contributed by atoms with van der Waals surface area (Å²) in [5, 5.41) is 11.7. The minimum absolute atomic E-state index is 0.373. The molecule has 0 saturated carbocycles. The molecular formula is C17H19N7. The molecule has 1 fully saturated rings. The lowest BCUT2D eigenvalue weighted by atomic mass is 10.0. The highest BCUT2D eigenvalue weighted by Crippen LogP contribution is 2.22. The zero-order valence-electron chi connectivity index (χ0n) is 13.6. The minimum atomic E-state index is 0.373. The second-order valence-electron chi connectivity index (χ2n) is 6.03. The Balaban J connectivity index is 1.47. The molecule has 0 spiro atoms. The molecule has 1 aliphatic rings. The Bertz CT molecular complexity index is 829. The normalized spacial score (nSPS) is 15.6. The average molecular weight is 321 g/mol. The van der Waals surface area contributed by atoms with Gasteiger partial charge in [-0.25, -0.2) is 15.0 Å². The van der Waals surface area contributed by atoms with E-state index in [1.54, 1.807) is 12.5 Å². The van der Waals surface area contributed by atoms with E-state index in [0.29, 0.717) is 6.04 Å². The Hall–Kier alpha value is -2.83. The summed E-state index contributed by atoms with van der Waals surface area (Å²) in [6.07, 6.45) is 5.34. The van der Waals surface area contributed by atoms with E-state index in [2.05, 4.69) is 35.4 Å². The van der Waals surface area contributed by atoms with Gasteiger partial charge in [0, 0.05) is 31.0 Å². The van der Waals surface area contributed by atoms with Gasteiger partial charge in [-0.1, -0.05) is 0 Å². The molecule has 0 unspecified atom stereocenters. The van der Waals surface area contributed by atoms with E-state index in [4.69, 9.17) is 0 Å². The predicted molar refractivity (Wildman–Crippen MR) is 93.0 cm³/mol. The smallest absolute Gasteiger partial charge is 0.156 e. The van der Waals surface area contributed by atoms with Crippen molar-refractivity contribution in [3.8, 4) is 0 Å². The molecule has 1 saturated heterocycles. The third-order valence-corrected chi connectivity index (χ3v) is 4.34. The zero-order valence-corrected chi connectivity index (χ0v) is 13.6. The largest absolute Gasteiger partial charge is 0.365 e. The van der Waals surface area contributed by atoms with Crippen molar-refractivity contribution in [2.75, 3.05) is 23.3 Å². The van der Waals surface area contributed by atoms with Crippen molar-refractivity contribution in [3.05, 3.63) is 42.5 Å². The molecule has 7 heteroatoms. The fourth-order valence-corrected chi connectivity index (χ4v) is 3.05. The van der Waals surface area contributed by atoms with Gasteiger partial charge < -0.3 is 10.2 Å². The SMILES string of the molecule is Cc1ccc2ncnc(NC3CCN(c4cccnn4)CC3)c2n1. The molecule has 0 bridgehead atoms. The molecule has 0 amide bonds. The van der Waals surface area contributed by atoms with Crippen LogP contribution in [0.15, 0.2) is 36.8 Å². The van der Waals surface area contributed by atoms with Crippen LogP contribution < -0.4 is 10.2 Å². The van der Waals surface area contributed by atoms with Crippen LogP contribution in [0, 0.1) is 6.92 Å². The number of piperidine rings is 1. The van der Waals surface area contributed by atoms with Gasteiger partial charge in [-0.05, 0) is 44.0 Å². The van der Waals surface area contributed by atoms with Gasteiger partial charge in [-0.3, -0.25) is 0 Å². The Labute approximate surface area is 140 Å². The molecule has 0 aliphatic carbocycles. The fourth-order valence-electron chi connectivity index (χ4n) is 3.05. The fraction of sp³-hybridized carbons (Fsp3) is 0.353. The van der Waals surface area contributed by atoms with Crippen molar-refractivity contribution in [3.63, 3.8) is 0 Å². The molecular weight excluding hydrogens is 302 g/mol. The van der Waals surface area contributed by atoms with Crippen LogP contribution in [-0.4, -0.2) is 44.3 Å². The number of anilines is 2. The Morgan fingerprint density at radius 1 is 1.12 bits per heavy atom. The number of nitrogens with one attached hydrogen (secondary N) is 1. The van der Waals surface area contributed by atoms with E-state index in [-0.39, 0.29) is 0 Å². The third-order valence-electron chi connectivity index (χ3n) is 4.34. The molecule has 3 aromatic rings. The molecule has 0 radical (unpaired) electrons. The first-order valence-corrected chi connectivity index (χ1v) is 8.17. The molecule has 0 aromatic carbocycles. The Kier molecular flexibility index (Phi) is 3.90. The van der Waals surface area contributed by atoms with Crippen molar-refractivity contribution >= 4 is 22.7 Å². The van der Waals surface area contributed by atoms with E-state index >= 15 is 0 Å². The second kappa shape index (κ2) is 6.35. The second-order valence-corrected chi connectivity index (χ2v) is 6.03. The van der Waals surface area contributed by atoms with Crippen LogP contribution in [0.4, 0.5) is 11.6 Å². The highest BCUT2D eigenvalue weighted by atomic mass is 15.3. The lowest BCUT2D eigenvalue weighted by Gasteiger charge is -2.33. The Morgan fingerprint density at radius 3 is 2.79 bits per heavy atom. The van der Waals surface area contributed by atoms with Crippen molar-refractivity contribution in [1.29, 1.82) is 0 Å².